The number of hydrogen-bond acceptors (Lipinski definition) is 4. The molecule has 0 radical (unpaired) electrons. The summed E-state index contributed by atoms with van der Waals surface area (Å²) in [6.07, 6.45) is 4.17. The summed E-state index contributed by atoms with van der Waals surface area (Å²) >= 11 is 0. The molecule has 0 heterocycles. The van der Waals surface area contributed by atoms with Crippen LogP contribution in [-0.4, -0.2) is 29.3 Å². The van der Waals surface area contributed by atoms with Gasteiger partial charge in [-0.25, -0.2) is 4.79 Å². The molecular weight excluding hydrogens is 344 g/mol. The van der Waals surface area contributed by atoms with E-state index in [1.54, 1.807) is 0 Å². The summed E-state index contributed by atoms with van der Waals surface area (Å²) in [6.45, 7) is 4.26. The number of carbonyl (C=O) groups excluding carboxylic acids is 1. The zero-order chi connectivity index (χ0) is 20.2. The van der Waals surface area contributed by atoms with Gasteiger partial charge in [-0.1, -0.05) is 43.3 Å². The minimum Gasteiger partial charge on any atom is -0.479 e. The molecule has 1 spiro atoms. The second kappa shape index (κ2) is 5.81. The molecule has 1 aromatic rings. The van der Waals surface area contributed by atoms with Crippen LogP contribution in [0.25, 0.3) is 0 Å². The Bertz CT molecular complexity index is 850. The zero-order valence-corrected chi connectivity index (χ0v) is 15.7. The summed E-state index contributed by atoms with van der Waals surface area (Å²) in [7, 11) is 0. The molecule has 3 atom stereocenters. The molecule has 3 aliphatic carbocycles. The third-order valence-electron chi connectivity index (χ3n) is 7.54. The molecule has 1 aromatic carbocycles. The minimum absolute atomic E-state index is 0.0558. The van der Waals surface area contributed by atoms with Gasteiger partial charge < -0.3 is 15.7 Å². The van der Waals surface area contributed by atoms with Crippen LogP contribution in [0.15, 0.2) is 29.4 Å². The molecule has 4 rings (SSSR count). The van der Waals surface area contributed by atoms with Gasteiger partial charge in [-0.15, -0.1) is 0 Å². The van der Waals surface area contributed by atoms with Crippen molar-refractivity contribution < 1.29 is 20.9 Å². The van der Waals surface area contributed by atoms with E-state index < -0.39 is 12.6 Å². The molecule has 0 bridgehead atoms. The van der Waals surface area contributed by atoms with Gasteiger partial charge in [0, 0.05) is 5.41 Å². The van der Waals surface area contributed by atoms with Gasteiger partial charge in [0.2, 0.25) is 12.5 Å². The average Bonchev–Trinajstić information content (AvgIpc) is 3.08. The number of nitrogens with two attached hydrogens (primary N) is 1. The lowest BCUT2D eigenvalue weighted by atomic mass is 9.52. The molecule has 3 saturated carbocycles. The van der Waals surface area contributed by atoms with Crippen molar-refractivity contribution in [2.24, 2.45) is 33.0 Å². The lowest BCUT2D eigenvalue weighted by Gasteiger charge is -2.51. The summed E-state index contributed by atoms with van der Waals surface area (Å²) < 4.78 is 6.91. The van der Waals surface area contributed by atoms with Crippen molar-refractivity contribution in [3.63, 3.8) is 0 Å². The molecule has 0 aliphatic heterocycles. The number of amides is 1. The van der Waals surface area contributed by atoms with Gasteiger partial charge in [-0.3, -0.25) is 4.79 Å². The Morgan fingerprint density at radius 2 is 2.00 bits per heavy atom. The number of carbonyl (C=O) groups is 2. The van der Waals surface area contributed by atoms with Crippen molar-refractivity contribution in [1.82, 2.24) is 0 Å². The van der Waals surface area contributed by atoms with Crippen LogP contribution in [0.3, 0.4) is 0 Å². The van der Waals surface area contributed by atoms with E-state index in [2.05, 4.69) is 19.0 Å². The van der Waals surface area contributed by atoms with Crippen molar-refractivity contribution in [3.05, 3.63) is 35.4 Å². The van der Waals surface area contributed by atoms with E-state index in [1.165, 1.54) is 12.0 Å². The van der Waals surface area contributed by atoms with E-state index in [0.717, 1.165) is 30.5 Å². The first kappa shape index (κ1) is 16.8. The lowest BCUT2D eigenvalue weighted by Crippen LogP contribution is -2.50. The highest BCUT2D eigenvalue weighted by Crippen LogP contribution is 2.90. The number of hydrogen-bond donors (Lipinski definition) is 2. The summed E-state index contributed by atoms with van der Waals surface area (Å²) in [5.74, 6) is -0.758. The van der Waals surface area contributed by atoms with Gasteiger partial charge in [0.15, 0.2) is 1.41 Å². The molecule has 6 nitrogen and oxygen atoms in total. The lowest BCUT2D eigenvalue weighted by molar-refractivity contribution is -0.142. The third-order valence-corrected chi connectivity index (χ3v) is 7.54. The molecule has 6 heteroatoms. The molecule has 27 heavy (non-hydrogen) atoms. The van der Waals surface area contributed by atoms with Gasteiger partial charge in [-0.05, 0) is 53.6 Å². The second-order valence-electron chi connectivity index (χ2n) is 8.83. The normalized spacial score (nSPS) is 34.1. The maximum atomic E-state index is 11.4. The number of oxime groups is 1. The van der Waals surface area contributed by atoms with Crippen LogP contribution in [-0.2, 0) is 27.3 Å². The maximum Gasteiger partial charge on any atom is 0.344 e. The highest BCUT2D eigenvalue weighted by atomic mass is 16.6. The second-order valence-corrected chi connectivity index (χ2v) is 8.83. The SMILES string of the molecule is [2H]NC(=O)Cc1ccc(CC23CCC24C(C/C3=N\OCC(=O)O)C4(C)C)cc1. The standard InChI is InChI=1S/C21H26N2O4/c1-19(2)15-10-16(23-27-12-18(25)26)20(7-8-21(15,19)20)11-14-5-3-13(4-6-14)9-17(22)24/h3-6,15H,7-12H2,1-2H3,(H2,22,24)(H,25,26)/b23-16+/i/hD. The molecule has 144 valence electrons. The van der Waals surface area contributed by atoms with E-state index >= 15 is 0 Å². The Kier molecular flexibility index (Phi) is 3.61. The summed E-state index contributed by atoms with van der Waals surface area (Å²) in [5, 5.41) is 13.1. The number of carboxylic acid groups (broad SMARTS) is 1. The highest BCUT2D eigenvalue weighted by molar-refractivity contribution is 5.97. The van der Waals surface area contributed by atoms with Gasteiger partial charge in [0.1, 0.15) is 0 Å². The fraction of sp³-hybridized carbons (Fsp3) is 0.571. The Hall–Kier alpha value is -2.37. The molecule has 3 aliphatic rings. The predicted octanol–water partition coefficient (Wildman–Crippen LogP) is 2.54. The van der Waals surface area contributed by atoms with Gasteiger partial charge in [0.05, 0.1) is 12.1 Å². The summed E-state index contributed by atoms with van der Waals surface area (Å²) in [5.41, 5.74) is 5.45. The zero-order valence-electron chi connectivity index (χ0n) is 16.7. The molecular formula is C21H26N2O4. The molecule has 0 aromatic heterocycles. The first-order valence-electron chi connectivity index (χ1n) is 9.96. The first-order valence-corrected chi connectivity index (χ1v) is 9.46. The van der Waals surface area contributed by atoms with Crippen LogP contribution in [0.1, 0.15) is 44.2 Å². The third kappa shape index (κ3) is 2.42. The Morgan fingerprint density at radius 1 is 1.30 bits per heavy atom. The number of aliphatic carboxylic acids is 1. The van der Waals surface area contributed by atoms with Crippen LogP contribution >= 0.6 is 0 Å². The van der Waals surface area contributed by atoms with Gasteiger partial charge >= 0.3 is 5.97 Å². The van der Waals surface area contributed by atoms with E-state index in [9.17, 15) is 9.59 Å². The van der Waals surface area contributed by atoms with E-state index in [4.69, 9.17) is 11.4 Å². The number of carboxylic acids is 1. The monoisotopic (exact) mass is 371 g/mol. The summed E-state index contributed by atoms with van der Waals surface area (Å²) in [6, 6.07) is 7.97. The smallest absolute Gasteiger partial charge is 0.344 e. The van der Waals surface area contributed by atoms with Crippen molar-refractivity contribution in [2.75, 3.05) is 6.61 Å². The van der Waals surface area contributed by atoms with Crippen LogP contribution in [0, 0.1) is 22.2 Å². The van der Waals surface area contributed by atoms with E-state index in [0.29, 0.717) is 5.92 Å². The molecule has 0 saturated heterocycles. The van der Waals surface area contributed by atoms with Crippen LogP contribution in [0.4, 0.5) is 0 Å². The number of rotatable bonds is 7. The maximum absolute atomic E-state index is 11.4. The number of primary amides is 1. The van der Waals surface area contributed by atoms with Gasteiger partial charge in [-0.2, -0.15) is 0 Å². The van der Waals surface area contributed by atoms with Gasteiger partial charge in [0.25, 0.3) is 0 Å². The predicted molar refractivity (Wildman–Crippen MR) is 100 cm³/mol. The van der Waals surface area contributed by atoms with Crippen molar-refractivity contribution in [3.8, 4) is 0 Å². The fourth-order valence-electron chi connectivity index (χ4n) is 6.28. The van der Waals surface area contributed by atoms with Crippen molar-refractivity contribution in [2.45, 2.75) is 46.0 Å². The Labute approximate surface area is 160 Å². The highest BCUT2D eigenvalue weighted by Gasteiger charge is 2.87. The summed E-state index contributed by atoms with van der Waals surface area (Å²) in [4.78, 5) is 27.3. The Morgan fingerprint density at radius 3 is 2.59 bits per heavy atom. The van der Waals surface area contributed by atoms with Crippen LogP contribution in [0.2, 0.25) is 1.41 Å². The molecule has 3 N–H and O–H groups in total. The number of benzene rings is 1. The first-order chi connectivity index (χ1) is 13.3. The quantitative estimate of drug-likeness (QED) is 0.719. The fourth-order valence-corrected chi connectivity index (χ4v) is 6.28. The minimum atomic E-state index is -1.02. The molecule has 1 amide bonds. The van der Waals surface area contributed by atoms with Crippen molar-refractivity contribution >= 4 is 17.6 Å². The largest absolute Gasteiger partial charge is 0.479 e. The van der Waals surface area contributed by atoms with Crippen LogP contribution < -0.4 is 5.73 Å². The van der Waals surface area contributed by atoms with E-state index in [-0.39, 0.29) is 28.6 Å². The molecule has 3 fully saturated rings. The molecule has 3 unspecified atom stereocenters. The Balaban J connectivity index is 1.56. The average molecular weight is 371 g/mol. The van der Waals surface area contributed by atoms with E-state index in [1.807, 2.05) is 30.0 Å². The number of nitrogens with zero attached hydrogens (tertiary/aromatic N) is 1. The van der Waals surface area contributed by atoms with Crippen molar-refractivity contribution in [1.29, 1.82) is 0 Å². The van der Waals surface area contributed by atoms with Crippen LogP contribution in [0.5, 0.6) is 0 Å². The topological polar surface area (TPSA) is 102 Å².